The van der Waals surface area contributed by atoms with Gasteiger partial charge in [0.15, 0.2) is 17.1 Å². The van der Waals surface area contributed by atoms with E-state index < -0.39 is 36.2 Å². The largest absolute Gasteiger partial charge is 0.431 e. The van der Waals surface area contributed by atoms with Crippen LogP contribution in [0.25, 0.3) is 10.9 Å². The van der Waals surface area contributed by atoms with Crippen LogP contribution in [0.15, 0.2) is 24.4 Å². The summed E-state index contributed by atoms with van der Waals surface area (Å²) in [6, 6.07) is 3.80. The Balaban J connectivity index is 2.21. The third-order valence-electron chi connectivity index (χ3n) is 4.31. The van der Waals surface area contributed by atoms with Gasteiger partial charge >= 0.3 is 13.2 Å². The maximum Gasteiger partial charge on any atom is 0.387 e. The molecule has 1 aromatic carbocycles. The number of aromatic nitrogens is 4. The first-order valence-electron chi connectivity index (χ1n) is 8.26. The number of aromatic amines is 1. The first-order valence-corrected chi connectivity index (χ1v) is 8.64. The van der Waals surface area contributed by atoms with Crippen molar-refractivity contribution in [2.24, 2.45) is 5.92 Å². The minimum atomic E-state index is -3.31. The molecule has 2 N–H and O–H groups in total. The van der Waals surface area contributed by atoms with E-state index in [1.54, 1.807) is 13.8 Å². The zero-order valence-electron chi connectivity index (χ0n) is 15.0. The third kappa shape index (κ3) is 3.92. The Labute approximate surface area is 166 Å². The lowest BCUT2D eigenvalue weighted by Gasteiger charge is -2.29. The van der Waals surface area contributed by atoms with Crippen LogP contribution in [-0.4, -0.2) is 38.7 Å². The molecule has 0 fully saturated rings. The summed E-state index contributed by atoms with van der Waals surface area (Å²) in [5.41, 5.74) is -1.34. The van der Waals surface area contributed by atoms with E-state index in [1.807, 2.05) is 0 Å². The molecule has 1 atom stereocenters. The number of hydrogen-bond acceptors (Lipinski definition) is 6. The first-order chi connectivity index (χ1) is 13.6. The molecular formula is C17H15ClF4N4O3. The summed E-state index contributed by atoms with van der Waals surface area (Å²) in [6.45, 7) is -3.18. The van der Waals surface area contributed by atoms with Gasteiger partial charge in [0, 0.05) is 11.5 Å². The van der Waals surface area contributed by atoms with Gasteiger partial charge in [-0.3, -0.25) is 0 Å². The van der Waals surface area contributed by atoms with Crippen LogP contribution in [-0.2, 0) is 5.60 Å². The minimum absolute atomic E-state index is 0.0207. The summed E-state index contributed by atoms with van der Waals surface area (Å²) in [7, 11) is 0. The number of nitrogens with one attached hydrogen (secondary N) is 1. The van der Waals surface area contributed by atoms with Crippen molar-refractivity contribution in [3.63, 3.8) is 0 Å². The Bertz CT molecular complexity index is 1000. The molecule has 0 aliphatic rings. The molecule has 3 aromatic rings. The Morgan fingerprint density at radius 2 is 1.79 bits per heavy atom. The fraction of sp³-hybridized carbons (Fsp3) is 0.353. The molecule has 0 saturated heterocycles. The SMILES string of the molecule is CC(C)C(O)(c1cn[nH]n1)c1ccc2c(Cl)c(OC(F)F)c(OC(F)F)cc2n1. The fourth-order valence-electron chi connectivity index (χ4n) is 2.89. The zero-order chi connectivity index (χ0) is 21.3. The normalized spacial score (nSPS) is 14.0. The molecule has 0 saturated carbocycles. The molecule has 1 unspecified atom stereocenters. The van der Waals surface area contributed by atoms with Gasteiger partial charge in [-0.2, -0.15) is 33.0 Å². The second-order valence-corrected chi connectivity index (χ2v) is 6.69. The third-order valence-corrected chi connectivity index (χ3v) is 4.68. The van der Waals surface area contributed by atoms with Crippen LogP contribution in [0, 0.1) is 5.92 Å². The molecule has 0 amide bonds. The first kappa shape index (κ1) is 21.1. The molecule has 0 bridgehead atoms. The number of nitrogens with zero attached hydrogens (tertiary/aromatic N) is 3. The van der Waals surface area contributed by atoms with Crippen LogP contribution < -0.4 is 9.47 Å². The van der Waals surface area contributed by atoms with E-state index in [-0.39, 0.29) is 27.3 Å². The van der Waals surface area contributed by atoms with Crippen LogP contribution in [0.5, 0.6) is 11.5 Å². The number of rotatable bonds is 7. The van der Waals surface area contributed by atoms with Crippen molar-refractivity contribution in [2.45, 2.75) is 32.7 Å². The number of pyridine rings is 1. The number of alkyl halides is 4. The van der Waals surface area contributed by atoms with E-state index in [2.05, 4.69) is 29.9 Å². The topological polar surface area (TPSA) is 93.2 Å². The van der Waals surface area contributed by atoms with Crippen molar-refractivity contribution in [2.75, 3.05) is 0 Å². The van der Waals surface area contributed by atoms with Crippen molar-refractivity contribution >= 4 is 22.5 Å². The maximum atomic E-state index is 12.7. The van der Waals surface area contributed by atoms with E-state index in [4.69, 9.17) is 11.6 Å². The van der Waals surface area contributed by atoms with E-state index in [0.29, 0.717) is 0 Å². The smallest absolute Gasteiger partial charge is 0.387 e. The molecule has 0 aliphatic heterocycles. The molecular weight excluding hydrogens is 420 g/mol. The number of H-pyrrole nitrogens is 1. The van der Waals surface area contributed by atoms with Gasteiger partial charge in [-0.25, -0.2) is 4.98 Å². The van der Waals surface area contributed by atoms with Gasteiger partial charge in [0.25, 0.3) is 0 Å². The van der Waals surface area contributed by atoms with Crippen LogP contribution >= 0.6 is 11.6 Å². The molecule has 3 rings (SSSR count). The molecule has 0 spiro atoms. The van der Waals surface area contributed by atoms with Gasteiger partial charge in [-0.1, -0.05) is 25.4 Å². The fourth-order valence-corrected chi connectivity index (χ4v) is 3.19. The van der Waals surface area contributed by atoms with Gasteiger partial charge in [0.2, 0.25) is 0 Å². The Morgan fingerprint density at radius 1 is 1.10 bits per heavy atom. The molecule has 29 heavy (non-hydrogen) atoms. The highest BCUT2D eigenvalue weighted by atomic mass is 35.5. The lowest BCUT2D eigenvalue weighted by Crippen LogP contribution is -2.35. The quantitative estimate of drug-likeness (QED) is 0.544. The van der Waals surface area contributed by atoms with Crippen molar-refractivity contribution in [1.82, 2.24) is 20.4 Å². The highest BCUT2D eigenvalue weighted by Crippen LogP contribution is 2.43. The molecule has 2 heterocycles. The number of hydrogen-bond donors (Lipinski definition) is 2. The summed E-state index contributed by atoms with van der Waals surface area (Å²) >= 11 is 6.09. The van der Waals surface area contributed by atoms with Crippen LogP contribution in [0.4, 0.5) is 17.6 Å². The van der Waals surface area contributed by atoms with Gasteiger partial charge in [0.1, 0.15) is 5.69 Å². The average molecular weight is 435 g/mol. The standard InChI is InChI=1S/C17H15ClF4N4O3/c1-7(2)17(27,12-6-23-26-25-12)11-4-3-8-9(24-11)5-10(28-15(19)20)14(13(8)18)29-16(21)22/h3-7,15-16,27H,1-2H3,(H,23,25,26). The highest BCUT2D eigenvalue weighted by molar-refractivity contribution is 6.37. The summed E-state index contributed by atoms with van der Waals surface area (Å²) < 4.78 is 59.4. The van der Waals surface area contributed by atoms with Crippen LogP contribution in [0.3, 0.4) is 0 Å². The Morgan fingerprint density at radius 3 is 2.34 bits per heavy atom. The van der Waals surface area contributed by atoms with Crippen molar-refractivity contribution in [3.8, 4) is 11.5 Å². The van der Waals surface area contributed by atoms with E-state index >= 15 is 0 Å². The van der Waals surface area contributed by atoms with Crippen molar-refractivity contribution < 1.29 is 32.1 Å². The van der Waals surface area contributed by atoms with E-state index in [1.165, 1.54) is 18.3 Å². The summed E-state index contributed by atoms with van der Waals surface area (Å²) in [4.78, 5) is 4.29. The number of ether oxygens (including phenoxy) is 2. The van der Waals surface area contributed by atoms with Crippen molar-refractivity contribution in [1.29, 1.82) is 0 Å². The lowest BCUT2D eigenvalue weighted by molar-refractivity contribution is -0.0690. The predicted molar refractivity (Wildman–Crippen MR) is 94.2 cm³/mol. The predicted octanol–water partition coefficient (Wildman–Crippen LogP) is 4.10. The zero-order valence-corrected chi connectivity index (χ0v) is 15.8. The molecule has 0 radical (unpaired) electrons. The van der Waals surface area contributed by atoms with Crippen molar-refractivity contribution in [3.05, 3.63) is 40.8 Å². The van der Waals surface area contributed by atoms with E-state index in [9.17, 15) is 22.7 Å². The molecule has 7 nitrogen and oxygen atoms in total. The molecule has 2 aromatic heterocycles. The second-order valence-electron chi connectivity index (χ2n) is 6.31. The van der Waals surface area contributed by atoms with Crippen LogP contribution in [0.1, 0.15) is 25.2 Å². The lowest BCUT2D eigenvalue weighted by atomic mass is 9.84. The number of benzene rings is 1. The number of halogens is 5. The monoisotopic (exact) mass is 434 g/mol. The average Bonchev–Trinajstić information content (AvgIpc) is 3.18. The second kappa shape index (κ2) is 7.99. The Kier molecular flexibility index (Phi) is 5.80. The van der Waals surface area contributed by atoms with Gasteiger partial charge in [0.05, 0.1) is 22.4 Å². The summed E-state index contributed by atoms with van der Waals surface area (Å²) in [6.07, 6.45) is 1.32. The molecule has 12 heteroatoms. The Hall–Kier alpha value is -2.66. The van der Waals surface area contributed by atoms with Gasteiger partial charge in [-0.15, -0.1) is 0 Å². The van der Waals surface area contributed by atoms with Gasteiger partial charge in [-0.05, 0) is 18.1 Å². The maximum absolute atomic E-state index is 12.7. The number of fused-ring (bicyclic) bond motifs is 1. The molecule has 156 valence electrons. The number of aliphatic hydroxyl groups is 1. The van der Waals surface area contributed by atoms with Crippen LogP contribution in [0.2, 0.25) is 5.02 Å². The van der Waals surface area contributed by atoms with E-state index in [0.717, 1.165) is 6.07 Å². The highest BCUT2D eigenvalue weighted by Gasteiger charge is 2.39. The summed E-state index contributed by atoms with van der Waals surface area (Å²) in [5, 5.41) is 21.0. The minimum Gasteiger partial charge on any atom is -0.431 e. The summed E-state index contributed by atoms with van der Waals surface area (Å²) in [5.74, 6) is -1.86. The molecule has 0 aliphatic carbocycles. The van der Waals surface area contributed by atoms with Gasteiger partial charge < -0.3 is 14.6 Å².